The van der Waals surface area contributed by atoms with E-state index in [1.54, 1.807) is 6.92 Å². The van der Waals surface area contributed by atoms with E-state index in [2.05, 4.69) is 17.3 Å². The molecule has 2 aliphatic heterocycles. The first-order valence-corrected chi connectivity index (χ1v) is 8.38. The zero-order chi connectivity index (χ0) is 16.6. The Hall–Kier alpha value is -1.49. The molecule has 0 aromatic heterocycles. The number of nitrogens with one attached hydrogen (secondary N) is 1. The maximum atomic E-state index is 13.8. The molecule has 2 fully saturated rings. The summed E-state index contributed by atoms with van der Waals surface area (Å²) in [7, 11) is 2.17. The molecule has 126 valence electrons. The molecule has 2 bridgehead atoms. The lowest BCUT2D eigenvalue weighted by Crippen LogP contribution is -2.39. The number of fused-ring (bicyclic) bond motifs is 2. The molecule has 0 saturated carbocycles. The van der Waals surface area contributed by atoms with Gasteiger partial charge in [0.05, 0.1) is 6.04 Å². The zero-order valence-corrected chi connectivity index (χ0v) is 13.7. The van der Waals surface area contributed by atoms with Crippen LogP contribution in [0.1, 0.15) is 57.1 Å². The van der Waals surface area contributed by atoms with Crippen LogP contribution in [0.25, 0.3) is 0 Å². The smallest absolute Gasteiger partial charge is 0.220 e. The first kappa shape index (κ1) is 16.4. The minimum atomic E-state index is -0.620. The SMILES string of the molecule is CC(NC(=O)CCC12CCC(CC1)N2C)c1ccc(F)cc1F. The van der Waals surface area contributed by atoms with Crippen molar-refractivity contribution in [3.8, 4) is 0 Å². The molecule has 2 aliphatic rings. The molecule has 2 heterocycles. The van der Waals surface area contributed by atoms with Gasteiger partial charge in [0.2, 0.25) is 5.91 Å². The van der Waals surface area contributed by atoms with Crippen LogP contribution in [0.5, 0.6) is 0 Å². The Morgan fingerprint density at radius 2 is 2.09 bits per heavy atom. The van der Waals surface area contributed by atoms with Crippen molar-refractivity contribution in [1.29, 1.82) is 0 Å². The van der Waals surface area contributed by atoms with Gasteiger partial charge in [0.1, 0.15) is 11.6 Å². The van der Waals surface area contributed by atoms with Crippen LogP contribution in [0.4, 0.5) is 8.78 Å². The predicted octanol–water partition coefficient (Wildman–Crippen LogP) is 3.55. The number of carbonyl (C=O) groups excluding carboxylic acids is 1. The maximum absolute atomic E-state index is 13.8. The lowest BCUT2D eigenvalue weighted by molar-refractivity contribution is -0.122. The van der Waals surface area contributed by atoms with Crippen LogP contribution in [0.3, 0.4) is 0 Å². The van der Waals surface area contributed by atoms with Gasteiger partial charge in [-0.1, -0.05) is 6.07 Å². The summed E-state index contributed by atoms with van der Waals surface area (Å²) < 4.78 is 26.7. The van der Waals surface area contributed by atoms with Gasteiger partial charge in [-0.25, -0.2) is 8.78 Å². The van der Waals surface area contributed by atoms with Crippen molar-refractivity contribution in [2.75, 3.05) is 7.05 Å². The zero-order valence-electron chi connectivity index (χ0n) is 13.7. The van der Waals surface area contributed by atoms with Crippen LogP contribution in [-0.2, 0) is 4.79 Å². The van der Waals surface area contributed by atoms with Crippen LogP contribution in [-0.4, -0.2) is 29.4 Å². The number of rotatable bonds is 5. The van der Waals surface area contributed by atoms with Crippen molar-refractivity contribution in [2.24, 2.45) is 0 Å². The van der Waals surface area contributed by atoms with Crippen molar-refractivity contribution in [3.63, 3.8) is 0 Å². The van der Waals surface area contributed by atoms with Crippen molar-refractivity contribution in [2.45, 2.75) is 63.1 Å². The van der Waals surface area contributed by atoms with Gasteiger partial charge < -0.3 is 5.32 Å². The predicted molar refractivity (Wildman–Crippen MR) is 84.9 cm³/mol. The van der Waals surface area contributed by atoms with Crippen LogP contribution in [0.15, 0.2) is 18.2 Å². The van der Waals surface area contributed by atoms with E-state index in [1.807, 2.05) is 0 Å². The van der Waals surface area contributed by atoms with Gasteiger partial charge in [0.25, 0.3) is 0 Å². The van der Waals surface area contributed by atoms with E-state index < -0.39 is 17.7 Å². The highest BCUT2D eigenvalue weighted by molar-refractivity contribution is 5.76. The number of nitrogens with zero attached hydrogens (tertiary/aromatic N) is 1. The lowest BCUT2D eigenvalue weighted by Gasteiger charge is -2.32. The second-order valence-corrected chi connectivity index (χ2v) is 7.02. The normalized spacial score (nSPS) is 28.1. The molecule has 1 aromatic rings. The average Bonchev–Trinajstić information content (AvgIpc) is 2.98. The van der Waals surface area contributed by atoms with Gasteiger partial charge in [0.15, 0.2) is 0 Å². The largest absolute Gasteiger partial charge is 0.349 e. The summed E-state index contributed by atoms with van der Waals surface area (Å²) >= 11 is 0. The lowest BCUT2D eigenvalue weighted by atomic mass is 9.84. The second-order valence-electron chi connectivity index (χ2n) is 7.02. The molecule has 1 aromatic carbocycles. The second kappa shape index (κ2) is 6.19. The van der Waals surface area contributed by atoms with E-state index in [1.165, 1.54) is 37.8 Å². The highest BCUT2D eigenvalue weighted by Gasteiger charge is 2.48. The van der Waals surface area contributed by atoms with Gasteiger partial charge in [-0.15, -0.1) is 0 Å². The van der Waals surface area contributed by atoms with Crippen LogP contribution >= 0.6 is 0 Å². The summed E-state index contributed by atoms with van der Waals surface area (Å²) in [6.45, 7) is 1.72. The monoisotopic (exact) mass is 322 g/mol. The van der Waals surface area contributed by atoms with Gasteiger partial charge >= 0.3 is 0 Å². The summed E-state index contributed by atoms with van der Waals surface area (Å²) in [4.78, 5) is 14.7. The summed E-state index contributed by atoms with van der Waals surface area (Å²) in [6, 6.07) is 3.68. The topological polar surface area (TPSA) is 32.3 Å². The fourth-order valence-corrected chi connectivity index (χ4v) is 4.28. The van der Waals surface area contributed by atoms with E-state index in [0.717, 1.165) is 12.5 Å². The van der Waals surface area contributed by atoms with Gasteiger partial charge in [-0.05, 0) is 52.1 Å². The van der Waals surface area contributed by atoms with Crippen LogP contribution < -0.4 is 5.32 Å². The standard InChI is InChI=1S/C18H24F2N2O/c1-12(15-4-3-13(19)11-16(15)20)21-17(23)7-10-18-8-5-14(6-9-18)22(18)2/h3-4,11-12,14H,5-10H2,1-2H3,(H,21,23). The van der Waals surface area contributed by atoms with Gasteiger partial charge in [-0.3, -0.25) is 9.69 Å². The molecule has 0 aliphatic carbocycles. The third-order valence-corrected chi connectivity index (χ3v) is 5.81. The molecule has 3 nitrogen and oxygen atoms in total. The van der Waals surface area contributed by atoms with Crippen molar-refractivity contribution in [3.05, 3.63) is 35.4 Å². The number of hydrogen-bond acceptors (Lipinski definition) is 2. The van der Waals surface area contributed by atoms with E-state index in [9.17, 15) is 13.6 Å². The van der Waals surface area contributed by atoms with Crippen molar-refractivity contribution in [1.82, 2.24) is 10.2 Å². The fraction of sp³-hybridized carbons (Fsp3) is 0.611. The molecule has 5 heteroatoms. The molecule has 0 radical (unpaired) electrons. The summed E-state index contributed by atoms with van der Waals surface area (Å²) in [5, 5.41) is 2.83. The Balaban J connectivity index is 1.55. The molecular weight excluding hydrogens is 298 g/mol. The highest BCUT2D eigenvalue weighted by Crippen LogP contribution is 2.47. The number of benzene rings is 1. The average molecular weight is 322 g/mol. The minimum absolute atomic E-state index is 0.0700. The number of carbonyl (C=O) groups is 1. The third kappa shape index (κ3) is 3.11. The first-order valence-electron chi connectivity index (χ1n) is 8.38. The molecular formula is C18H24F2N2O. The Morgan fingerprint density at radius 1 is 1.39 bits per heavy atom. The first-order chi connectivity index (χ1) is 10.9. The number of amides is 1. The van der Waals surface area contributed by atoms with E-state index in [4.69, 9.17) is 0 Å². The summed E-state index contributed by atoms with van der Waals surface area (Å²) in [6.07, 6.45) is 6.10. The quantitative estimate of drug-likeness (QED) is 0.899. The van der Waals surface area contributed by atoms with E-state index in [0.29, 0.717) is 18.0 Å². The molecule has 23 heavy (non-hydrogen) atoms. The maximum Gasteiger partial charge on any atom is 0.220 e. The van der Waals surface area contributed by atoms with Gasteiger partial charge in [-0.2, -0.15) is 0 Å². The molecule has 0 spiro atoms. The third-order valence-electron chi connectivity index (χ3n) is 5.81. The molecule has 1 unspecified atom stereocenters. The Labute approximate surface area is 136 Å². The fourth-order valence-electron chi connectivity index (χ4n) is 4.28. The molecule has 1 atom stereocenters. The van der Waals surface area contributed by atoms with E-state index >= 15 is 0 Å². The Bertz CT molecular complexity index is 597. The highest BCUT2D eigenvalue weighted by atomic mass is 19.1. The van der Waals surface area contributed by atoms with E-state index in [-0.39, 0.29) is 11.4 Å². The summed E-state index contributed by atoms with van der Waals surface area (Å²) in [5.74, 6) is -1.30. The Kier molecular flexibility index (Phi) is 4.41. The molecule has 2 saturated heterocycles. The molecule has 1 N–H and O–H groups in total. The molecule has 3 rings (SSSR count). The minimum Gasteiger partial charge on any atom is -0.349 e. The van der Waals surface area contributed by atoms with Crippen LogP contribution in [0, 0.1) is 11.6 Å². The number of hydrogen-bond donors (Lipinski definition) is 1. The van der Waals surface area contributed by atoms with Crippen molar-refractivity contribution < 1.29 is 13.6 Å². The van der Waals surface area contributed by atoms with Crippen LogP contribution in [0.2, 0.25) is 0 Å². The number of halogens is 2. The Morgan fingerprint density at radius 3 is 2.65 bits per heavy atom. The summed E-state index contributed by atoms with van der Waals surface area (Å²) in [5.41, 5.74) is 0.503. The molecule has 1 amide bonds. The van der Waals surface area contributed by atoms with Crippen molar-refractivity contribution >= 4 is 5.91 Å². The van der Waals surface area contributed by atoms with Gasteiger partial charge in [0, 0.05) is 29.6 Å².